The zero-order chi connectivity index (χ0) is 18.0. The molecule has 0 heterocycles. The lowest BCUT2D eigenvalue weighted by molar-refractivity contribution is -0.124. The summed E-state index contributed by atoms with van der Waals surface area (Å²) in [6.07, 6.45) is 2.72. The molecule has 132 valence electrons. The molecule has 4 nitrogen and oxygen atoms in total. The number of methoxy groups -OCH3 is 2. The second-order valence-corrected chi connectivity index (χ2v) is 6.86. The molecule has 0 saturated heterocycles. The lowest BCUT2D eigenvalue weighted by atomic mass is 9.64. The largest absolute Gasteiger partial charge is 0.493 e. The van der Waals surface area contributed by atoms with E-state index in [0.29, 0.717) is 16.5 Å². The molecule has 0 spiro atoms. The minimum atomic E-state index is -0.482. The summed E-state index contributed by atoms with van der Waals surface area (Å²) in [6, 6.07) is 11.2. The van der Waals surface area contributed by atoms with Crippen molar-refractivity contribution in [3.05, 3.63) is 52.5 Å². The minimum absolute atomic E-state index is 0.0105. The first kappa shape index (κ1) is 17.6. The third-order valence-corrected chi connectivity index (χ3v) is 5.27. The van der Waals surface area contributed by atoms with Crippen LogP contribution in [0.3, 0.4) is 0 Å². The molecule has 0 aliphatic heterocycles. The first-order chi connectivity index (χ1) is 12.0. The number of carbonyl (C=O) groups excluding carboxylic acids is 1. The van der Waals surface area contributed by atoms with E-state index < -0.39 is 5.41 Å². The van der Waals surface area contributed by atoms with E-state index in [2.05, 4.69) is 5.32 Å². The molecule has 0 bridgehead atoms. The Labute approximate surface area is 153 Å². The van der Waals surface area contributed by atoms with E-state index in [1.165, 1.54) is 0 Å². The summed E-state index contributed by atoms with van der Waals surface area (Å²) in [7, 11) is 3.18. The average molecular weight is 360 g/mol. The second kappa shape index (κ2) is 6.96. The van der Waals surface area contributed by atoms with Gasteiger partial charge in [0.05, 0.1) is 19.6 Å². The first-order valence-electron chi connectivity index (χ1n) is 8.30. The van der Waals surface area contributed by atoms with Crippen LogP contribution in [0.1, 0.15) is 30.4 Å². The number of anilines is 1. The fourth-order valence-electron chi connectivity index (χ4n) is 3.30. The SMILES string of the molecule is COc1cc(C)c(NC(=O)C2(c3ccc(Cl)cc3)CCC2)cc1OC. The molecule has 1 saturated carbocycles. The van der Waals surface area contributed by atoms with Crippen LogP contribution in [0.4, 0.5) is 5.69 Å². The van der Waals surface area contributed by atoms with Gasteiger partial charge in [0, 0.05) is 16.8 Å². The number of ether oxygens (including phenoxy) is 2. The van der Waals surface area contributed by atoms with E-state index in [-0.39, 0.29) is 5.91 Å². The minimum Gasteiger partial charge on any atom is -0.493 e. The molecule has 1 N–H and O–H groups in total. The Balaban J connectivity index is 1.89. The maximum Gasteiger partial charge on any atom is 0.235 e. The molecule has 0 atom stereocenters. The van der Waals surface area contributed by atoms with Crippen LogP contribution in [0.2, 0.25) is 5.02 Å². The van der Waals surface area contributed by atoms with Gasteiger partial charge >= 0.3 is 0 Å². The fourth-order valence-corrected chi connectivity index (χ4v) is 3.43. The second-order valence-electron chi connectivity index (χ2n) is 6.42. The maximum atomic E-state index is 13.1. The van der Waals surface area contributed by atoms with E-state index in [1.54, 1.807) is 20.3 Å². The Hall–Kier alpha value is -2.20. The van der Waals surface area contributed by atoms with Gasteiger partial charge in [-0.1, -0.05) is 30.2 Å². The molecule has 0 radical (unpaired) electrons. The molecule has 2 aromatic rings. The molecular formula is C20H22ClNO3. The van der Waals surface area contributed by atoms with Crippen molar-refractivity contribution in [3.63, 3.8) is 0 Å². The first-order valence-corrected chi connectivity index (χ1v) is 8.68. The van der Waals surface area contributed by atoms with E-state index in [0.717, 1.165) is 36.1 Å². The summed E-state index contributed by atoms with van der Waals surface area (Å²) in [5, 5.41) is 3.76. The van der Waals surface area contributed by atoms with Crippen LogP contribution in [-0.2, 0) is 10.2 Å². The normalized spacial score (nSPS) is 15.2. The highest BCUT2D eigenvalue weighted by Gasteiger charge is 2.45. The zero-order valence-corrected chi connectivity index (χ0v) is 15.4. The number of rotatable bonds is 5. The smallest absolute Gasteiger partial charge is 0.235 e. The van der Waals surface area contributed by atoms with Crippen molar-refractivity contribution in [3.8, 4) is 11.5 Å². The molecule has 5 heteroatoms. The van der Waals surface area contributed by atoms with Gasteiger partial charge in [-0.15, -0.1) is 0 Å². The number of carbonyl (C=O) groups is 1. The van der Waals surface area contributed by atoms with Gasteiger partial charge < -0.3 is 14.8 Å². The Morgan fingerprint density at radius 3 is 2.20 bits per heavy atom. The third kappa shape index (κ3) is 3.19. The van der Waals surface area contributed by atoms with Crippen LogP contribution in [-0.4, -0.2) is 20.1 Å². The Morgan fingerprint density at radius 1 is 1.08 bits per heavy atom. The van der Waals surface area contributed by atoms with Crippen molar-refractivity contribution in [1.29, 1.82) is 0 Å². The molecule has 2 aromatic carbocycles. The average Bonchev–Trinajstić information content (AvgIpc) is 2.57. The van der Waals surface area contributed by atoms with Gasteiger partial charge in [0.25, 0.3) is 0 Å². The molecule has 0 aromatic heterocycles. The molecular weight excluding hydrogens is 338 g/mol. The van der Waals surface area contributed by atoms with Gasteiger partial charge in [-0.25, -0.2) is 0 Å². The van der Waals surface area contributed by atoms with Crippen LogP contribution in [0.25, 0.3) is 0 Å². The topological polar surface area (TPSA) is 47.6 Å². The Kier molecular flexibility index (Phi) is 4.91. The lowest BCUT2D eigenvalue weighted by Crippen LogP contribution is -2.46. The van der Waals surface area contributed by atoms with Crippen LogP contribution >= 0.6 is 11.6 Å². The number of amides is 1. The fraction of sp³-hybridized carbons (Fsp3) is 0.350. The maximum absolute atomic E-state index is 13.1. The number of hydrogen-bond acceptors (Lipinski definition) is 3. The molecule has 3 rings (SSSR count). The molecule has 1 aliphatic rings. The van der Waals surface area contributed by atoms with Crippen molar-refractivity contribution in [1.82, 2.24) is 0 Å². The van der Waals surface area contributed by atoms with Crippen molar-refractivity contribution < 1.29 is 14.3 Å². The van der Waals surface area contributed by atoms with Crippen LogP contribution < -0.4 is 14.8 Å². The predicted octanol–water partition coefficient (Wildman–Crippen LogP) is 4.73. The summed E-state index contributed by atoms with van der Waals surface area (Å²) < 4.78 is 10.7. The van der Waals surface area contributed by atoms with Crippen molar-refractivity contribution >= 4 is 23.2 Å². The zero-order valence-electron chi connectivity index (χ0n) is 14.7. The molecule has 1 fully saturated rings. The number of halogens is 1. The molecule has 1 amide bonds. The van der Waals surface area contributed by atoms with Crippen LogP contribution in [0, 0.1) is 6.92 Å². The van der Waals surface area contributed by atoms with Crippen LogP contribution in [0.15, 0.2) is 36.4 Å². The number of benzene rings is 2. The number of hydrogen-bond donors (Lipinski definition) is 1. The Bertz CT molecular complexity index is 782. The third-order valence-electron chi connectivity index (χ3n) is 5.02. The van der Waals surface area contributed by atoms with Crippen molar-refractivity contribution in [2.75, 3.05) is 19.5 Å². The highest BCUT2D eigenvalue weighted by atomic mass is 35.5. The molecule has 1 aliphatic carbocycles. The summed E-state index contributed by atoms with van der Waals surface area (Å²) in [5.41, 5.74) is 2.20. The van der Waals surface area contributed by atoms with Gasteiger partial charge in [0.2, 0.25) is 5.91 Å². The summed E-state index contributed by atoms with van der Waals surface area (Å²) >= 11 is 5.99. The van der Waals surface area contributed by atoms with Gasteiger partial charge in [-0.2, -0.15) is 0 Å². The highest BCUT2D eigenvalue weighted by molar-refractivity contribution is 6.30. The molecule has 0 unspecified atom stereocenters. The monoisotopic (exact) mass is 359 g/mol. The summed E-state index contributed by atoms with van der Waals surface area (Å²) in [6.45, 7) is 1.94. The predicted molar refractivity (Wildman–Crippen MR) is 99.9 cm³/mol. The quantitative estimate of drug-likeness (QED) is 0.839. The van der Waals surface area contributed by atoms with Gasteiger partial charge in [0.1, 0.15) is 0 Å². The van der Waals surface area contributed by atoms with Crippen molar-refractivity contribution in [2.24, 2.45) is 0 Å². The summed E-state index contributed by atoms with van der Waals surface area (Å²) in [5.74, 6) is 1.25. The standard InChI is InChI=1S/C20H22ClNO3/c1-13-11-17(24-2)18(25-3)12-16(13)22-19(23)20(9-4-10-20)14-5-7-15(21)8-6-14/h5-8,11-12H,4,9-10H2,1-3H3,(H,22,23). The number of aryl methyl sites for hydroxylation is 1. The van der Waals surface area contributed by atoms with E-state index in [1.807, 2.05) is 37.3 Å². The lowest BCUT2D eigenvalue weighted by Gasteiger charge is -2.41. The highest BCUT2D eigenvalue weighted by Crippen LogP contribution is 2.45. The van der Waals surface area contributed by atoms with E-state index in [9.17, 15) is 4.79 Å². The van der Waals surface area contributed by atoms with E-state index >= 15 is 0 Å². The van der Waals surface area contributed by atoms with Gasteiger partial charge in [0.15, 0.2) is 11.5 Å². The van der Waals surface area contributed by atoms with Gasteiger partial charge in [-0.3, -0.25) is 4.79 Å². The van der Waals surface area contributed by atoms with E-state index in [4.69, 9.17) is 21.1 Å². The molecule has 25 heavy (non-hydrogen) atoms. The Morgan fingerprint density at radius 2 is 1.68 bits per heavy atom. The summed E-state index contributed by atoms with van der Waals surface area (Å²) in [4.78, 5) is 13.1. The van der Waals surface area contributed by atoms with Gasteiger partial charge in [-0.05, 0) is 49.1 Å². The van der Waals surface area contributed by atoms with Crippen LogP contribution in [0.5, 0.6) is 11.5 Å². The number of nitrogens with one attached hydrogen (secondary N) is 1. The van der Waals surface area contributed by atoms with Crippen molar-refractivity contribution in [2.45, 2.75) is 31.6 Å².